The van der Waals surface area contributed by atoms with Crippen LogP contribution in [0.15, 0.2) is 54.7 Å². The Bertz CT molecular complexity index is 915. The molecule has 1 heterocycles. The van der Waals surface area contributed by atoms with Gasteiger partial charge in [0.2, 0.25) is 0 Å². The summed E-state index contributed by atoms with van der Waals surface area (Å²) in [6.45, 7) is 5.61. The van der Waals surface area contributed by atoms with Crippen molar-refractivity contribution in [3.05, 3.63) is 60.4 Å². The van der Waals surface area contributed by atoms with E-state index in [4.69, 9.17) is 4.74 Å². The summed E-state index contributed by atoms with van der Waals surface area (Å²) in [5.74, 6) is 0.814. The van der Waals surface area contributed by atoms with Crippen molar-refractivity contribution >= 4 is 16.7 Å². The zero-order valence-corrected chi connectivity index (χ0v) is 14.4. The molecule has 1 amide bonds. The molecule has 0 atom stereocenters. The molecule has 0 saturated carbocycles. The third-order valence-corrected chi connectivity index (χ3v) is 3.52. The lowest BCUT2D eigenvalue weighted by molar-refractivity contribution is 0.0912. The first kappa shape index (κ1) is 16.8. The molecule has 128 valence electrons. The minimum Gasteiger partial charge on any atom is -0.505 e. The van der Waals surface area contributed by atoms with Gasteiger partial charge in [0.1, 0.15) is 11.5 Å². The van der Waals surface area contributed by atoms with Crippen LogP contribution in [-0.2, 0) is 0 Å². The van der Waals surface area contributed by atoms with E-state index in [1.165, 1.54) is 0 Å². The summed E-state index contributed by atoms with van der Waals surface area (Å²) in [7, 11) is 0. The van der Waals surface area contributed by atoms with Crippen LogP contribution in [0.5, 0.6) is 17.2 Å². The van der Waals surface area contributed by atoms with Crippen LogP contribution in [0.25, 0.3) is 10.8 Å². The monoisotopic (exact) mass is 336 g/mol. The summed E-state index contributed by atoms with van der Waals surface area (Å²) in [6, 6.07) is 14.7. The van der Waals surface area contributed by atoms with Gasteiger partial charge in [-0.2, -0.15) is 0 Å². The summed E-state index contributed by atoms with van der Waals surface area (Å²) in [4.78, 5) is 16.4. The Morgan fingerprint density at radius 3 is 2.48 bits per heavy atom. The minimum absolute atomic E-state index is 0.0131. The highest BCUT2D eigenvalue weighted by Gasteiger charge is 2.20. The number of nitrogens with one attached hydrogen (secondary N) is 1. The standard InChI is InChI=1S/C20H20N2O3/c1-20(2,3)22-19(24)17-18(23)16-10-9-15(11-13(16)12-21-17)25-14-7-5-4-6-8-14/h4-12,23H,1-3H3,(H,22,24). The number of ether oxygens (including phenoxy) is 1. The van der Waals surface area contributed by atoms with Gasteiger partial charge in [-0.3, -0.25) is 4.79 Å². The molecule has 1 aromatic heterocycles. The number of aromatic nitrogens is 1. The lowest BCUT2D eigenvalue weighted by Crippen LogP contribution is -2.40. The smallest absolute Gasteiger partial charge is 0.274 e. The van der Waals surface area contributed by atoms with Crippen molar-refractivity contribution in [3.63, 3.8) is 0 Å². The first-order valence-electron chi connectivity index (χ1n) is 8.01. The molecule has 0 radical (unpaired) electrons. The zero-order chi connectivity index (χ0) is 18.0. The SMILES string of the molecule is CC(C)(C)NC(=O)c1ncc2cc(Oc3ccccc3)ccc2c1O. The highest BCUT2D eigenvalue weighted by Crippen LogP contribution is 2.31. The molecule has 0 fully saturated rings. The molecule has 2 N–H and O–H groups in total. The van der Waals surface area contributed by atoms with Crippen molar-refractivity contribution in [2.24, 2.45) is 0 Å². The van der Waals surface area contributed by atoms with E-state index in [2.05, 4.69) is 10.3 Å². The molecule has 3 rings (SSSR count). The van der Waals surface area contributed by atoms with Crippen molar-refractivity contribution in [2.45, 2.75) is 26.3 Å². The normalized spacial score (nSPS) is 11.3. The second-order valence-corrected chi connectivity index (χ2v) is 6.82. The molecular formula is C20H20N2O3. The van der Waals surface area contributed by atoms with Crippen LogP contribution >= 0.6 is 0 Å². The lowest BCUT2D eigenvalue weighted by atomic mass is 10.1. The molecule has 0 aliphatic carbocycles. The fourth-order valence-electron chi connectivity index (χ4n) is 2.44. The number of hydrogen-bond acceptors (Lipinski definition) is 4. The topological polar surface area (TPSA) is 71.5 Å². The lowest BCUT2D eigenvalue weighted by Gasteiger charge is -2.20. The Kier molecular flexibility index (Phi) is 4.31. The number of rotatable bonds is 3. The number of amides is 1. The van der Waals surface area contributed by atoms with Crippen LogP contribution in [0.1, 0.15) is 31.3 Å². The highest BCUT2D eigenvalue weighted by molar-refractivity contribution is 6.01. The maximum absolute atomic E-state index is 12.3. The van der Waals surface area contributed by atoms with Crippen molar-refractivity contribution in [2.75, 3.05) is 0 Å². The molecule has 0 unspecified atom stereocenters. The van der Waals surface area contributed by atoms with Crippen molar-refractivity contribution in [1.82, 2.24) is 10.3 Å². The largest absolute Gasteiger partial charge is 0.505 e. The molecule has 0 bridgehead atoms. The van der Waals surface area contributed by atoms with Gasteiger partial charge in [-0.1, -0.05) is 18.2 Å². The van der Waals surface area contributed by atoms with Gasteiger partial charge < -0.3 is 15.2 Å². The van der Waals surface area contributed by atoms with Gasteiger partial charge in [0.15, 0.2) is 11.4 Å². The second kappa shape index (κ2) is 6.43. The second-order valence-electron chi connectivity index (χ2n) is 6.82. The van der Waals surface area contributed by atoms with Crippen LogP contribution in [0.3, 0.4) is 0 Å². The van der Waals surface area contributed by atoms with Crippen molar-refractivity contribution < 1.29 is 14.6 Å². The summed E-state index contributed by atoms with van der Waals surface area (Å²) >= 11 is 0. The zero-order valence-electron chi connectivity index (χ0n) is 14.4. The fraction of sp³-hybridized carbons (Fsp3) is 0.200. The van der Waals surface area contributed by atoms with Crippen LogP contribution in [-0.4, -0.2) is 21.5 Å². The molecular weight excluding hydrogens is 316 g/mol. The van der Waals surface area contributed by atoms with Gasteiger partial charge in [0.05, 0.1) is 0 Å². The van der Waals surface area contributed by atoms with E-state index in [0.717, 1.165) is 5.75 Å². The van der Waals surface area contributed by atoms with Gasteiger partial charge in [-0.05, 0) is 51.1 Å². The number of pyridine rings is 1. The van der Waals surface area contributed by atoms with E-state index >= 15 is 0 Å². The number of benzene rings is 2. The Morgan fingerprint density at radius 1 is 1.08 bits per heavy atom. The Labute approximate surface area is 146 Å². The van der Waals surface area contributed by atoms with E-state index in [-0.39, 0.29) is 11.4 Å². The number of para-hydroxylation sites is 1. The predicted octanol–water partition coefficient (Wildman–Crippen LogP) is 4.26. The summed E-state index contributed by atoms with van der Waals surface area (Å²) < 4.78 is 5.78. The summed E-state index contributed by atoms with van der Waals surface area (Å²) in [6.07, 6.45) is 1.56. The van der Waals surface area contributed by atoms with E-state index in [1.807, 2.05) is 51.1 Å². The van der Waals surface area contributed by atoms with Crippen LogP contribution in [0.4, 0.5) is 0 Å². The average Bonchev–Trinajstić information content (AvgIpc) is 2.54. The van der Waals surface area contributed by atoms with Gasteiger partial charge in [0, 0.05) is 22.5 Å². The van der Waals surface area contributed by atoms with Crippen molar-refractivity contribution in [1.29, 1.82) is 0 Å². The van der Waals surface area contributed by atoms with E-state index in [0.29, 0.717) is 16.5 Å². The van der Waals surface area contributed by atoms with Gasteiger partial charge in [-0.15, -0.1) is 0 Å². The van der Waals surface area contributed by atoms with Gasteiger partial charge >= 0.3 is 0 Å². The van der Waals surface area contributed by atoms with Gasteiger partial charge in [-0.25, -0.2) is 4.98 Å². The number of nitrogens with zero attached hydrogens (tertiary/aromatic N) is 1. The number of carbonyl (C=O) groups is 1. The Hall–Kier alpha value is -3.08. The molecule has 5 nitrogen and oxygen atoms in total. The van der Waals surface area contributed by atoms with E-state index < -0.39 is 11.4 Å². The Morgan fingerprint density at radius 2 is 1.80 bits per heavy atom. The van der Waals surface area contributed by atoms with Crippen LogP contribution in [0.2, 0.25) is 0 Å². The predicted molar refractivity (Wildman–Crippen MR) is 97.1 cm³/mol. The summed E-state index contributed by atoms with van der Waals surface area (Å²) in [5.41, 5.74) is -0.396. The first-order chi connectivity index (χ1) is 11.8. The molecule has 0 saturated heterocycles. The highest BCUT2D eigenvalue weighted by atomic mass is 16.5. The number of hydrogen-bond donors (Lipinski definition) is 2. The quantitative estimate of drug-likeness (QED) is 0.749. The first-order valence-corrected chi connectivity index (χ1v) is 8.01. The molecule has 3 aromatic rings. The maximum Gasteiger partial charge on any atom is 0.274 e. The summed E-state index contributed by atoms with van der Waals surface area (Å²) in [5, 5.41) is 14.5. The minimum atomic E-state index is -0.409. The third-order valence-electron chi connectivity index (χ3n) is 3.52. The van der Waals surface area contributed by atoms with E-state index in [9.17, 15) is 9.90 Å². The molecule has 25 heavy (non-hydrogen) atoms. The third kappa shape index (κ3) is 3.88. The Balaban J connectivity index is 1.92. The van der Waals surface area contributed by atoms with Crippen LogP contribution in [0, 0.1) is 0 Å². The van der Waals surface area contributed by atoms with E-state index in [1.54, 1.807) is 24.4 Å². The molecule has 5 heteroatoms. The number of fused-ring (bicyclic) bond motifs is 1. The van der Waals surface area contributed by atoms with Crippen LogP contribution < -0.4 is 10.1 Å². The fourth-order valence-corrected chi connectivity index (χ4v) is 2.44. The average molecular weight is 336 g/mol. The van der Waals surface area contributed by atoms with Crippen molar-refractivity contribution in [3.8, 4) is 17.2 Å². The molecule has 2 aromatic carbocycles. The molecule has 0 spiro atoms. The molecule has 0 aliphatic rings. The van der Waals surface area contributed by atoms with Gasteiger partial charge in [0.25, 0.3) is 5.91 Å². The maximum atomic E-state index is 12.3. The molecule has 0 aliphatic heterocycles. The number of aromatic hydroxyl groups is 1. The number of carbonyl (C=O) groups excluding carboxylic acids is 1.